The van der Waals surface area contributed by atoms with Crippen LogP contribution >= 0.6 is 0 Å². The molecule has 0 aliphatic rings. The van der Waals surface area contributed by atoms with Crippen LogP contribution in [0.5, 0.6) is 0 Å². The topological polar surface area (TPSA) is 49.6 Å². The van der Waals surface area contributed by atoms with Gasteiger partial charge in [-0.2, -0.15) is 0 Å². The molecule has 0 aliphatic heterocycles. The average Bonchev–Trinajstić information content (AvgIpc) is 2.16. The molecule has 0 aromatic carbocycles. The predicted molar refractivity (Wildman–Crippen MR) is 72.9 cm³/mol. The summed E-state index contributed by atoms with van der Waals surface area (Å²) >= 11 is 0. The van der Waals surface area contributed by atoms with Gasteiger partial charge in [-0.1, -0.05) is 0 Å². The summed E-state index contributed by atoms with van der Waals surface area (Å²) in [4.78, 5) is 16.1. The molecule has 0 aromatic heterocycles. The summed E-state index contributed by atoms with van der Waals surface area (Å²) in [5.41, 5.74) is 5.68. The van der Waals surface area contributed by atoms with E-state index in [2.05, 4.69) is 11.8 Å². The van der Waals surface area contributed by atoms with Crippen molar-refractivity contribution in [2.24, 2.45) is 5.73 Å². The summed E-state index contributed by atoms with van der Waals surface area (Å²) in [5.74, 6) is 0.252. The molecule has 0 aliphatic carbocycles. The first-order chi connectivity index (χ1) is 7.88. The van der Waals surface area contributed by atoms with Crippen molar-refractivity contribution < 1.29 is 4.79 Å². The molecule has 17 heavy (non-hydrogen) atoms. The standard InChI is InChI=1S/C13H29N3O/c1-6-16(12(3)10-15(4)5)13(17)9-7-8-11(2)14/h11-12H,6-10,14H2,1-5H3. The molecular weight excluding hydrogens is 214 g/mol. The van der Waals surface area contributed by atoms with Gasteiger partial charge in [-0.3, -0.25) is 4.79 Å². The number of amides is 1. The fourth-order valence-electron chi connectivity index (χ4n) is 2.08. The van der Waals surface area contributed by atoms with Crippen molar-refractivity contribution in [3.63, 3.8) is 0 Å². The number of hydrogen-bond donors (Lipinski definition) is 1. The zero-order chi connectivity index (χ0) is 13.4. The van der Waals surface area contributed by atoms with Gasteiger partial charge in [-0.05, 0) is 47.7 Å². The number of nitrogens with two attached hydrogens (primary N) is 1. The lowest BCUT2D eigenvalue weighted by atomic mass is 10.1. The lowest BCUT2D eigenvalue weighted by Crippen LogP contribution is -2.43. The van der Waals surface area contributed by atoms with E-state index in [1.54, 1.807) is 0 Å². The third kappa shape index (κ3) is 7.34. The van der Waals surface area contributed by atoms with Gasteiger partial charge >= 0.3 is 0 Å². The van der Waals surface area contributed by atoms with Crippen LogP contribution in [0.15, 0.2) is 0 Å². The Kier molecular flexibility index (Phi) is 8.17. The molecule has 0 bridgehead atoms. The number of nitrogens with zero attached hydrogens (tertiary/aromatic N) is 2. The Balaban J connectivity index is 4.11. The highest BCUT2D eigenvalue weighted by Gasteiger charge is 2.18. The summed E-state index contributed by atoms with van der Waals surface area (Å²) in [6, 6.07) is 0.467. The van der Waals surface area contributed by atoms with Crippen LogP contribution in [0.4, 0.5) is 0 Å². The zero-order valence-corrected chi connectivity index (χ0v) is 12.1. The van der Waals surface area contributed by atoms with Crippen LogP contribution in [0.2, 0.25) is 0 Å². The molecule has 0 rings (SSSR count). The summed E-state index contributed by atoms with van der Waals surface area (Å²) in [7, 11) is 4.07. The van der Waals surface area contributed by atoms with Gasteiger partial charge in [0.1, 0.15) is 0 Å². The molecular formula is C13H29N3O. The molecule has 0 saturated carbocycles. The highest BCUT2D eigenvalue weighted by molar-refractivity contribution is 5.76. The highest BCUT2D eigenvalue weighted by atomic mass is 16.2. The van der Waals surface area contributed by atoms with Crippen LogP contribution in [0, 0.1) is 0 Å². The van der Waals surface area contributed by atoms with Crippen molar-refractivity contribution in [3.8, 4) is 0 Å². The molecule has 4 nitrogen and oxygen atoms in total. The molecule has 0 aromatic rings. The second-order valence-corrected chi connectivity index (χ2v) is 5.16. The maximum Gasteiger partial charge on any atom is 0.222 e. The van der Waals surface area contributed by atoms with E-state index in [4.69, 9.17) is 5.73 Å². The van der Waals surface area contributed by atoms with Crippen molar-refractivity contribution in [2.45, 2.75) is 52.1 Å². The quantitative estimate of drug-likeness (QED) is 0.699. The maximum atomic E-state index is 12.0. The SMILES string of the molecule is CCN(C(=O)CCCC(C)N)C(C)CN(C)C. The Morgan fingerprint density at radius 3 is 2.29 bits per heavy atom. The summed E-state index contributed by atoms with van der Waals surface area (Å²) < 4.78 is 0. The van der Waals surface area contributed by atoms with Gasteiger partial charge in [0.25, 0.3) is 0 Å². The minimum Gasteiger partial charge on any atom is -0.339 e. The van der Waals surface area contributed by atoms with Gasteiger partial charge in [0.15, 0.2) is 0 Å². The number of likely N-dealkylation sites (N-methyl/N-ethyl adjacent to an activating group) is 2. The van der Waals surface area contributed by atoms with Crippen molar-refractivity contribution in [1.29, 1.82) is 0 Å². The summed E-state index contributed by atoms with van der Waals surface area (Å²) in [5, 5.41) is 0. The van der Waals surface area contributed by atoms with Crippen molar-refractivity contribution >= 4 is 5.91 Å². The van der Waals surface area contributed by atoms with E-state index in [0.29, 0.717) is 6.42 Å². The lowest BCUT2D eigenvalue weighted by Gasteiger charge is -2.30. The van der Waals surface area contributed by atoms with Gasteiger partial charge in [0.05, 0.1) is 0 Å². The molecule has 0 fully saturated rings. The van der Waals surface area contributed by atoms with E-state index in [0.717, 1.165) is 25.9 Å². The number of rotatable bonds is 8. The Morgan fingerprint density at radius 2 is 1.88 bits per heavy atom. The van der Waals surface area contributed by atoms with E-state index < -0.39 is 0 Å². The molecule has 0 spiro atoms. The number of carbonyl (C=O) groups excluding carboxylic acids is 1. The van der Waals surface area contributed by atoms with E-state index in [1.807, 2.05) is 32.8 Å². The molecule has 2 unspecified atom stereocenters. The van der Waals surface area contributed by atoms with Crippen LogP contribution in [0.25, 0.3) is 0 Å². The van der Waals surface area contributed by atoms with E-state index in [9.17, 15) is 4.79 Å². The third-order valence-corrected chi connectivity index (χ3v) is 2.87. The van der Waals surface area contributed by atoms with E-state index >= 15 is 0 Å². The van der Waals surface area contributed by atoms with Gasteiger partial charge in [-0.15, -0.1) is 0 Å². The first kappa shape index (κ1) is 16.4. The van der Waals surface area contributed by atoms with Crippen LogP contribution in [-0.4, -0.2) is 55.0 Å². The first-order valence-corrected chi connectivity index (χ1v) is 6.58. The molecule has 4 heteroatoms. The molecule has 0 radical (unpaired) electrons. The fourth-order valence-corrected chi connectivity index (χ4v) is 2.08. The maximum absolute atomic E-state index is 12.0. The van der Waals surface area contributed by atoms with Crippen LogP contribution in [-0.2, 0) is 4.79 Å². The van der Waals surface area contributed by atoms with Crippen molar-refractivity contribution in [3.05, 3.63) is 0 Å². The Bertz CT molecular complexity index is 217. The smallest absolute Gasteiger partial charge is 0.222 e. The first-order valence-electron chi connectivity index (χ1n) is 6.58. The van der Waals surface area contributed by atoms with E-state index in [-0.39, 0.29) is 18.0 Å². The number of hydrogen-bond acceptors (Lipinski definition) is 3. The lowest BCUT2D eigenvalue weighted by molar-refractivity contribution is -0.133. The van der Waals surface area contributed by atoms with Gasteiger partial charge in [-0.25, -0.2) is 0 Å². The Morgan fingerprint density at radius 1 is 1.29 bits per heavy atom. The average molecular weight is 243 g/mol. The second kappa shape index (κ2) is 8.48. The Hall–Kier alpha value is -0.610. The molecule has 1 amide bonds. The zero-order valence-electron chi connectivity index (χ0n) is 12.1. The van der Waals surface area contributed by atoms with Crippen LogP contribution in [0.3, 0.4) is 0 Å². The summed E-state index contributed by atoms with van der Waals surface area (Å²) in [6.45, 7) is 7.82. The number of carbonyl (C=O) groups is 1. The van der Waals surface area contributed by atoms with Crippen LogP contribution < -0.4 is 5.73 Å². The van der Waals surface area contributed by atoms with Crippen LogP contribution in [0.1, 0.15) is 40.0 Å². The van der Waals surface area contributed by atoms with Gasteiger partial charge < -0.3 is 15.5 Å². The predicted octanol–water partition coefficient (Wildman–Crippen LogP) is 1.30. The molecule has 102 valence electrons. The molecule has 0 heterocycles. The van der Waals surface area contributed by atoms with E-state index in [1.165, 1.54) is 0 Å². The second-order valence-electron chi connectivity index (χ2n) is 5.16. The molecule has 2 atom stereocenters. The largest absolute Gasteiger partial charge is 0.339 e. The molecule has 2 N–H and O–H groups in total. The minimum absolute atomic E-state index is 0.192. The molecule has 0 saturated heterocycles. The Labute approximate surface area is 106 Å². The third-order valence-electron chi connectivity index (χ3n) is 2.87. The summed E-state index contributed by atoms with van der Waals surface area (Å²) in [6.07, 6.45) is 2.43. The fraction of sp³-hybridized carbons (Fsp3) is 0.923. The normalized spacial score (nSPS) is 14.8. The van der Waals surface area contributed by atoms with Gasteiger partial charge in [0.2, 0.25) is 5.91 Å². The highest BCUT2D eigenvalue weighted by Crippen LogP contribution is 2.07. The minimum atomic E-state index is 0.192. The monoisotopic (exact) mass is 243 g/mol. The van der Waals surface area contributed by atoms with Gasteiger partial charge in [0, 0.05) is 31.6 Å². The van der Waals surface area contributed by atoms with Crippen molar-refractivity contribution in [2.75, 3.05) is 27.2 Å². The van der Waals surface area contributed by atoms with Crippen molar-refractivity contribution in [1.82, 2.24) is 9.80 Å².